The molecule has 2 aliphatic rings. The second-order valence-electron chi connectivity index (χ2n) is 7.58. The third-order valence-electron chi connectivity index (χ3n) is 5.57. The Morgan fingerprint density at radius 1 is 1.34 bits per heavy atom. The molecule has 1 atom stereocenters. The van der Waals surface area contributed by atoms with Gasteiger partial charge < -0.3 is 9.88 Å². The molecule has 1 saturated heterocycles. The first kappa shape index (κ1) is 20.2. The molecule has 2 aliphatic heterocycles. The van der Waals surface area contributed by atoms with Gasteiger partial charge in [-0.25, -0.2) is 13.4 Å². The molecule has 2 aromatic heterocycles. The van der Waals surface area contributed by atoms with Crippen LogP contribution in [0.2, 0.25) is 0 Å². The van der Waals surface area contributed by atoms with Crippen molar-refractivity contribution in [3.8, 4) is 0 Å². The van der Waals surface area contributed by atoms with Crippen LogP contribution in [0.1, 0.15) is 47.3 Å². The molecule has 4 heterocycles. The van der Waals surface area contributed by atoms with Crippen LogP contribution in [0.3, 0.4) is 0 Å². The van der Waals surface area contributed by atoms with E-state index >= 15 is 0 Å². The van der Waals surface area contributed by atoms with E-state index in [0.29, 0.717) is 36.5 Å². The average Bonchev–Trinajstić information content (AvgIpc) is 3.20. The monoisotopic (exact) mass is 436 g/mol. The van der Waals surface area contributed by atoms with Gasteiger partial charge in [0.25, 0.3) is 5.56 Å². The number of H-pyrrole nitrogens is 1. The van der Waals surface area contributed by atoms with E-state index in [1.165, 1.54) is 4.31 Å². The standard InChI is InChI=1S/C19H24N4O4S2/c1-29(26,27)22-9-7-14-15(12-22)20-18(21-19(14)25)16-6-2-3-8-23(16)17(24)11-13-5-4-10-28-13/h4-5,10,16H,2-3,6-9,11-12H2,1H3,(H,20,21,25)/t16-/m0/s1. The predicted octanol–water partition coefficient (Wildman–Crippen LogP) is 1.45. The fourth-order valence-electron chi connectivity index (χ4n) is 4.05. The van der Waals surface area contributed by atoms with E-state index in [2.05, 4.69) is 9.97 Å². The number of amides is 1. The van der Waals surface area contributed by atoms with Crippen LogP contribution in [0.25, 0.3) is 0 Å². The van der Waals surface area contributed by atoms with Crippen molar-refractivity contribution < 1.29 is 13.2 Å². The van der Waals surface area contributed by atoms with E-state index in [4.69, 9.17) is 0 Å². The Balaban J connectivity index is 1.63. The number of carbonyl (C=O) groups is 1. The SMILES string of the molecule is CS(=O)(=O)N1CCc2c(nc([C@@H]3CCCCN3C(=O)Cc3cccs3)[nH]c2=O)C1. The van der Waals surface area contributed by atoms with Gasteiger partial charge in [-0.3, -0.25) is 9.59 Å². The summed E-state index contributed by atoms with van der Waals surface area (Å²) in [4.78, 5) is 35.9. The lowest BCUT2D eigenvalue weighted by Crippen LogP contribution is -2.42. The Labute approximate surface area is 173 Å². The highest BCUT2D eigenvalue weighted by molar-refractivity contribution is 7.88. The lowest BCUT2D eigenvalue weighted by molar-refractivity contribution is -0.134. The van der Waals surface area contributed by atoms with Gasteiger partial charge in [0, 0.05) is 23.5 Å². The molecular formula is C19H24N4O4S2. The smallest absolute Gasteiger partial charge is 0.254 e. The summed E-state index contributed by atoms with van der Waals surface area (Å²) in [7, 11) is -3.35. The summed E-state index contributed by atoms with van der Waals surface area (Å²) in [5, 5.41) is 1.95. The molecule has 0 aromatic carbocycles. The minimum Gasteiger partial charge on any atom is -0.332 e. The topological polar surface area (TPSA) is 103 Å². The van der Waals surface area contributed by atoms with Crippen LogP contribution in [0.5, 0.6) is 0 Å². The molecule has 1 fully saturated rings. The molecule has 8 nitrogen and oxygen atoms in total. The van der Waals surface area contributed by atoms with Crippen molar-refractivity contribution >= 4 is 27.3 Å². The highest BCUT2D eigenvalue weighted by Gasteiger charge is 2.32. The lowest BCUT2D eigenvalue weighted by atomic mass is 10.00. The first-order valence-corrected chi connectivity index (χ1v) is 12.4. The maximum absolute atomic E-state index is 12.9. The van der Waals surface area contributed by atoms with Crippen molar-refractivity contribution in [1.82, 2.24) is 19.2 Å². The summed E-state index contributed by atoms with van der Waals surface area (Å²) in [6.07, 6.45) is 4.45. The zero-order valence-electron chi connectivity index (χ0n) is 16.3. The molecule has 2 aromatic rings. The maximum atomic E-state index is 12.9. The lowest BCUT2D eigenvalue weighted by Gasteiger charge is -2.35. The zero-order valence-corrected chi connectivity index (χ0v) is 17.9. The number of nitrogens with zero attached hydrogens (tertiary/aromatic N) is 3. The van der Waals surface area contributed by atoms with Crippen LogP contribution in [-0.2, 0) is 34.2 Å². The summed E-state index contributed by atoms with van der Waals surface area (Å²) in [6.45, 7) is 1.01. The van der Waals surface area contributed by atoms with Crippen LogP contribution in [0, 0.1) is 0 Å². The molecule has 10 heteroatoms. The van der Waals surface area contributed by atoms with Crippen LogP contribution >= 0.6 is 11.3 Å². The largest absolute Gasteiger partial charge is 0.332 e. The van der Waals surface area contributed by atoms with Crippen LogP contribution in [0.4, 0.5) is 0 Å². The Hall–Kier alpha value is -2.04. The number of sulfonamides is 1. The van der Waals surface area contributed by atoms with E-state index in [-0.39, 0.29) is 30.6 Å². The third-order valence-corrected chi connectivity index (χ3v) is 7.70. The van der Waals surface area contributed by atoms with Gasteiger partial charge in [0.2, 0.25) is 15.9 Å². The van der Waals surface area contributed by atoms with Crippen molar-refractivity contribution in [2.75, 3.05) is 19.3 Å². The number of aromatic amines is 1. The number of aromatic nitrogens is 2. The molecule has 0 bridgehead atoms. The van der Waals surface area contributed by atoms with E-state index in [1.54, 1.807) is 11.3 Å². The molecule has 4 rings (SSSR count). The number of nitrogens with one attached hydrogen (secondary N) is 1. The summed E-state index contributed by atoms with van der Waals surface area (Å²) < 4.78 is 25.2. The Morgan fingerprint density at radius 3 is 2.90 bits per heavy atom. The van der Waals surface area contributed by atoms with Gasteiger partial charge >= 0.3 is 0 Å². The second kappa shape index (κ2) is 8.00. The van der Waals surface area contributed by atoms with Crippen molar-refractivity contribution in [2.24, 2.45) is 0 Å². The predicted molar refractivity (Wildman–Crippen MR) is 110 cm³/mol. The van der Waals surface area contributed by atoms with Gasteiger partial charge in [0.15, 0.2) is 0 Å². The van der Waals surface area contributed by atoms with Gasteiger partial charge in [0.05, 0.1) is 31.0 Å². The molecule has 0 spiro atoms. The molecule has 0 saturated carbocycles. The molecule has 0 unspecified atom stereocenters. The average molecular weight is 437 g/mol. The van der Waals surface area contributed by atoms with Crippen LogP contribution < -0.4 is 5.56 Å². The van der Waals surface area contributed by atoms with Crippen molar-refractivity contribution in [3.05, 3.63) is 49.8 Å². The minimum atomic E-state index is -3.35. The molecule has 29 heavy (non-hydrogen) atoms. The van der Waals surface area contributed by atoms with Crippen LogP contribution in [-0.4, -0.2) is 52.8 Å². The number of piperidine rings is 1. The number of hydrogen-bond donors (Lipinski definition) is 1. The highest BCUT2D eigenvalue weighted by atomic mass is 32.2. The molecule has 1 N–H and O–H groups in total. The quantitative estimate of drug-likeness (QED) is 0.781. The number of fused-ring (bicyclic) bond motifs is 1. The summed E-state index contributed by atoms with van der Waals surface area (Å²) in [5.74, 6) is 0.485. The van der Waals surface area contributed by atoms with Crippen molar-refractivity contribution in [3.63, 3.8) is 0 Å². The van der Waals surface area contributed by atoms with Gasteiger partial charge in [-0.1, -0.05) is 6.07 Å². The maximum Gasteiger partial charge on any atom is 0.254 e. The van der Waals surface area contributed by atoms with Crippen LogP contribution in [0.15, 0.2) is 22.3 Å². The second-order valence-corrected chi connectivity index (χ2v) is 10.6. The van der Waals surface area contributed by atoms with E-state index in [9.17, 15) is 18.0 Å². The van der Waals surface area contributed by atoms with Gasteiger partial charge in [-0.15, -0.1) is 11.3 Å². The number of carbonyl (C=O) groups excluding carboxylic acids is 1. The van der Waals surface area contributed by atoms with E-state index in [0.717, 1.165) is 30.4 Å². The van der Waals surface area contributed by atoms with E-state index in [1.807, 2.05) is 22.4 Å². The number of hydrogen-bond acceptors (Lipinski definition) is 6. The van der Waals surface area contributed by atoms with Gasteiger partial charge in [0.1, 0.15) is 5.82 Å². The minimum absolute atomic E-state index is 0.0234. The normalized spacial score (nSPS) is 20.4. The Bertz CT molecular complexity index is 1060. The molecule has 0 aliphatic carbocycles. The fraction of sp³-hybridized carbons (Fsp3) is 0.526. The molecular weight excluding hydrogens is 412 g/mol. The van der Waals surface area contributed by atoms with Gasteiger partial charge in [-0.2, -0.15) is 4.31 Å². The summed E-state index contributed by atoms with van der Waals surface area (Å²) in [5.41, 5.74) is 0.812. The molecule has 1 amide bonds. The Kier molecular flexibility index (Phi) is 5.58. The Morgan fingerprint density at radius 2 is 2.17 bits per heavy atom. The van der Waals surface area contributed by atoms with Crippen molar-refractivity contribution in [2.45, 2.75) is 44.7 Å². The fourth-order valence-corrected chi connectivity index (χ4v) is 5.53. The van der Waals surface area contributed by atoms with E-state index < -0.39 is 10.0 Å². The first-order valence-electron chi connectivity index (χ1n) is 9.72. The number of thiophene rings is 1. The first-order chi connectivity index (χ1) is 13.8. The van der Waals surface area contributed by atoms with Gasteiger partial charge in [-0.05, 0) is 37.1 Å². The molecule has 156 valence electrons. The van der Waals surface area contributed by atoms with Crippen molar-refractivity contribution in [1.29, 1.82) is 0 Å². The number of likely N-dealkylation sites (tertiary alicyclic amines) is 1. The summed E-state index contributed by atoms with van der Waals surface area (Å²) in [6, 6.07) is 3.58. The molecule has 0 radical (unpaired) electrons. The number of rotatable bonds is 4. The third kappa shape index (κ3) is 4.29. The zero-order chi connectivity index (χ0) is 20.6. The summed E-state index contributed by atoms with van der Waals surface area (Å²) >= 11 is 1.55. The highest BCUT2D eigenvalue weighted by Crippen LogP contribution is 2.30.